The van der Waals surface area contributed by atoms with Gasteiger partial charge in [0.2, 0.25) is 0 Å². The van der Waals surface area contributed by atoms with Crippen molar-refractivity contribution in [2.45, 2.75) is 0 Å². The van der Waals surface area contributed by atoms with Gasteiger partial charge in [-0.15, -0.1) is 0 Å². The van der Waals surface area contributed by atoms with Crippen LogP contribution in [0.2, 0.25) is 0 Å². The van der Waals surface area contributed by atoms with Crippen molar-refractivity contribution in [3.8, 4) is 11.5 Å². The lowest BCUT2D eigenvalue weighted by Gasteiger charge is -2.04. The van der Waals surface area contributed by atoms with E-state index in [9.17, 15) is 4.79 Å². The van der Waals surface area contributed by atoms with Gasteiger partial charge < -0.3 is 9.47 Å². The zero-order valence-electron chi connectivity index (χ0n) is 9.34. The fourth-order valence-corrected chi connectivity index (χ4v) is 1.33. The van der Waals surface area contributed by atoms with Crippen LogP contribution in [0.3, 0.4) is 0 Å². The number of esters is 1. The summed E-state index contributed by atoms with van der Waals surface area (Å²) in [4.78, 5) is 11.7. The van der Waals surface area contributed by atoms with Gasteiger partial charge in [0.25, 0.3) is 0 Å². The summed E-state index contributed by atoms with van der Waals surface area (Å²) in [6.45, 7) is 0. The topological polar surface area (TPSA) is 35.5 Å². The predicted molar refractivity (Wildman–Crippen MR) is 63.2 cm³/mol. The number of carbonyl (C=O) groups is 1. The molecular weight excluding hydrogens is 216 g/mol. The zero-order valence-corrected chi connectivity index (χ0v) is 9.34. The molecule has 3 heteroatoms. The standard InChI is InChI=1S/C14H11O3/c1-16-12-9-7-11(8-10-12)14(15)17-13-5-3-2-4-6-13/h3-10H,1H3. The van der Waals surface area contributed by atoms with Crippen LogP contribution >= 0.6 is 0 Å². The molecule has 0 saturated heterocycles. The van der Waals surface area contributed by atoms with Gasteiger partial charge in [-0.2, -0.15) is 0 Å². The van der Waals surface area contributed by atoms with Gasteiger partial charge in [0, 0.05) is 0 Å². The Bertz CT molecular complexity index is 489. The smallest absolute Gasteiger partial charge is 0.343 e. The van der Waals surface area contributed by atoms with E-state index in [1.165, 1.54) is 0 Å². The Hall–Kier alpha value is -2.29. The summed E-state index contributed by atoms with van der Waals surface area (Å²) in [6, 6.07) is 16.4. The molecule has 0 aliphatic rings. The maximum Gasteiger partial charge on any atom is 0.343 e. The SMILES string of the molecule is COc1ccc(C(=O)Oc2cc[c]cc2)cc1. The molecule has 2 rings (SSSR count). The highest BCUT2D eigenvalue weighted by molar-refractivity contribution is 5.91. The van der Waals surface area contributed by atoms with E-state index in [0.29, 0.717) is 17.1 Å². The van der Waals surface area contributed by atoms with Crippen molar-refractivity contribution in [3.05, 3.63) is 60.2 Å². The summed E-state index contributed by atoms with van der Waals surface area (Å²) in [5, 5.41) is 0. The van der Waals surface area contributed by atoms with E-state index < -0.39 is 0 Å². The highest BCUT2D eigenvalue weighted by atomic mass is 16.5. The number of ether oxygens (including phenoxy) is 2. The van der Waals surface area contributed by atoms with Crippen molar-refractivity contribution in [1.29, 1.82) is 0 Å². The van der Waals surface area contributed by atoms with E-state index in [-0.39, 0.29) is 5.97 Å². The summed E-state index contributed by atoms with van der Waals surface area (Å²) in [5.74, 6) is 0.819. The maximum absolute atomic E-state index is 11.7. The average Bonchev–Trinajstić information content (AvgIpc) is 2.40. The van der Waals surface area contributed by atoms with Gasteiger partial charge >= 0.3 is 5.97 Å². The average molecular weight is 227 g/mol. The van der Waals surface area contributed by atoms with Crippen LogP contribution in [-0.2, 0) is 0 Å². The van der Waals surface area contributed by atoms with Gasteiger partial charge in [-0.05, 0) is 42.5 Å². The largest absolute Gasteiger partial charge is 0.497 e. The van der Waals surface area contributed by atoms with Gasteiger partial charge in [0.1, 0.15) is 11.5 Å². The monoisotopic (exact) mass is 227 g/mol. The van der Waals surface area contributed by atoms with Crippen molar-refractivity contribution in [1.82, 2.24) is 0 Å². The molecule has 3 nitrogen and oxygen atoms in total. The molecule has 85 valence electrons. The van der Waals surface area contributed by atoms with Crippen LogP contribution in [0.25, 0.3) is 0 Å². The second kappa shape index (κ2) is 5.16. The van der Waals surface area contributed by atoms with Crippen LogP contribution in [0, 0.1) is 6.07 Å². The molecule has 0 amide bonds. The van der Waals surface area contributed by atoms with Crippen LogP contribution in [0.15, 0.2) is 48.5 Å². The molecule has 1 radical (unpaired) electrons. The van der Waals surface area contributed by atoms with E-state index >= 15 is 0 Å². The number of methoxy groups -OCH3 is 1. The van der Waals surface area contributed by atoms with Gasteiger partial charge in [0.15, 0.2) is 0 Å². The van der Waals surface area contributed by atoms with Crippen LogP contribution < -0.4 is 9.47 Å². The number of rotatable bonds is 3. The Morgan fingerprint density at radius 2 is 1.65 bits per heavy atom. The lowest BCUT2D eigenvalue weighted by molar-refractivity contribution is 0.0735. The zero-order chi connectivity index (χ0) is 12.1. The first-order valence-electron chi connectivity index (χ1n) is 5.12. The fourth-order valence-electron chi connectivity index (χ4n) is 1.33. The molecule has 0 aliphatic carbocycles. The molecule has 0 fully saturated rings. The Morgan fingerprint density at radius 3 is 2.24 bits per heavy atom. The van der Waals surface area contributed by atoms with Gasteiger partial charge in [-0.25, -0.2) is 4.79 Å². The molecule has 2 aromatic rings. The number of carbonyl (C=O) groups excluding carboxylic acids is 1. The van der Waals surface area contributed by atoms with Crippen LogP contribution in [0.4, 0.5) is 0 Å². The molecule has 0 spiro atoms. The van der Waals surface area contributed by atoms with E-state index in [1.807, 2.05) is 0 Å². The lowest BCUT2D eigenvalue weighted by Crippen LogP contribution is -2.08. The second-order valence-corrected chi connectivity index (χ2v) is 3.35. The van der Waals surface area contributed by atoms with E-state index in [0.717, 1.165) is 0 Å². The summed E-state index contributed by atoms with van der Waals surface area (Å²) in [7, 11) is 1.58. The van der Waals surface area contributed by atoms with Crippen LogP contribution in [0.1, 0.15) is 10.4 Å². The van der Waals surface area contributed by atoms with Gasteiger partial charge in [-0.3, -0.25) is 0 Å². The molecule has 0 saturated carbocycles. The fraction of sp³-hybridized carbons (Fsp3) is 0.0714. The summed E-state index contributed by atoms with van der Waals surface area (Å²) < 4.78 is 10.2. The van der Waals surface area contributed by atoms with Crippen molar-refractivity contribution in [2.75, 3.05) is 7.11 Å². The first-order valence-corrected chi connectivity index (χ1v) is 5.12. The lowest BCUT2D eigenvalue weighted by atomic mass is 10.2. The van der Waals surface area contributed by atoms with Crippen molar-refractivity contribution in [3.63, 3.8) is 0 Å². The summed E-state index contributed by atoms with van der Waals surface area (Å²) in [5.41, 5.74) is 0.485. The van der Waals surface area contributed by atoms with E-state index in [4.69, 9.17) is 9.47 Å². The third kappa shape index (κ3) is 2.84. The minimum Gasteiger partial charge on any atom is -0.497 e. The van der Waals surface area contributed by atoms with Crippen molar-refractivity contribution in [2.24, 2.45) is 0 Å². The third-order valence-corrected chi connectivity index (χ3v) is 2.22. The molecule has 2 aromatic carbocycles. The molecule has 0 unspecified atom stereocenters. The number of benzene rings is 2. The minimum absolute atomic E-state index is 0.390. The minimum atomic E-state index is -0.390. The van der Waals surface area contributed by atoms with Gasteiger partial charge in [-0.1, -0.05) is 12.1 Å². The quantitative estimate of drug-likeness (QED) is 0.597. The number of hydrogen-bond donors (Lipinski definition) is 0. The van der Waals surface area contributed by atoms with Crippen LogP contribution in [-0.4, -0.2) is 13.1 Å². The van der Waals surface area contributed by atoms with E-state index in [2.05, 4.69) is 6.07 Å². The van der Waals surface area contributed by atoms with Crippen molar-refractivity contribution < 1.29 is 14.3 Å². The Morgan fingerprint density at radius 1 is 1.00 bits per heavy atom. The molecule has 0 heterocycles. The molecule has 0 aromatic heterocycles. The third-order valence-electron chi connectivity index (χ3n) is 2.22. The van der Waals surface area contributed by atoms with E-state index in [1.54, 1.807) is 55.6 Å². The maximum atomic E-state index is 11.7. The second-order valence-electron chi connectivity index (χ2n) is 3.35. The summed E-state index contributed by atoms with van der Waals surface area (Å²) >= 11 is 0. The highest BCUT2D eigenvalue weighted by Crippen LogP contribution is 2.14. The molecule has 17 heavy (non-hydrogen) atoms. The Kier molecular flexibility index (Phi) is 3.40. The molecular formula is C14H11O3. The first kappa shape index (κ1) is 11.2. The number of hydrogen-bond acceptors (Lipinski definition) is 3. The first-order chi connectivity index (χ1) is 8.29. The van der Waals surface area contributed by atoms with Crippen LogP contribution in [0.5, 0.6) is 11.5 Å². The highest BCUT2D eigenvalue weighted by Gasteiger charge is 2.07. The van der Waals surface area contributed by atoms with Crippen molar-refractivity contribution >= 4 is 5.97 Å². The molecule has 0 atom stereocenters. The van der Waals surface area contributed by atoms with Gasteiger partial charge in [0.05, 0.1) is 12.7 Å². The summed E-state index contributed by atoms with van der Waals surface area (Å²) in [6.07, 6.45) is 0. The normalized spacial score (nSPS) is 9.71. The Labute approximate surface area is 99.6 Å². The molecule has 0 aliphatic heterocycles. The molecule has 0 bridgehead atoms. The predicted octanol–water partition coefficient (Wildman–Crippen LogP) is 2.71. The molecule has 0 N–H and O–H groups in total. The Balaban J connectivity index is 2.09.